The van der Waals surface area contributed by atoms with Crippen molar-refractivity contribution in [3.8, 4) is 6.07 Å². The molecule has 0 saturated heterocycles. The summed E-state index contributed by atoms with van der Waals surface area (Å²) in [5.74, 6) is 0.374. The number of hydrogen-bond acceptors (Lipinski definition) is 5. The number of aryl methyl sites for hydroxylation is 1. The summed E-state index contributed by atoms with van der Waals surface area (Å²) in [4.78, 5) is 19.2. The molecule has 0 bridgehead atoms. The Balaban J connectivity index is 2.17. The van der Waals surface area contributed by atoms with Crippen LogP contribution in [-0.2, 0) is 4.79 Å². The summed E-state index contributed by atoms with van der Waals surface area (Å²) in [5.41, 5.74) is 0.266. The normalized spacial score (nSPS) is 15.8. The number of carboxylic acids is 1. The molecule has 0 spiro atoms. The fourth-order valence-corrected chi connectivity index (χ4v) is 1.74. The van der Waals surface area contributed by atoms with Crippen LogP contribution in [0.1, 0.15) is 30.7 Å². The lowest BCUT2D eigenvalue weighted by Gasteiger charge is -2.15. The number of anilines is 1. The molecule has 1 fully saturated rings. The SMILES string of the molecule is Cc1ncc(C#N)c(NC(CC2CC2)C(=O)O)n1. The molecule has 1 aromatic heterocycles. The van der Waals surface area contributed by atoms with Crippen LogP contribution in [0.2, 0.25) is 0 Å². The molecule has 0 aromatic carbocycles. The van der Waals surface area contributed by atoms with E-state index in [4.69, 9.17) is 10.4 Å². The summed E-state index contributed by atoms with van der Waals surface area (Å²) in [5, 5.41) is 20.9. The van der Waals surface area contributed by atoms with E-state index < -0.39 is 12.0 Å². The van der Waals surface area contributed by atoms with E-state index in [2.05, 4.69) is 15.3 Å². The van der Waals surface area contributed by atoms with Gasteiger partial charge in [-0.3, -0.25) is 0 Å². The topological polar surface area (TPSA) is 98.9 Å². The molecule has 0 radical (unpaired) electrons. The summed E-state index contributed by atoms with van der Waals surface area (Å²) >= 11 is 0. The van der Waals surface area contributed by atoms with Crippen molar-refractivity contribution in [3.05, 3.63) is 17.6 Å². The second-order valence-electron chi connectivity index (χ2n) is 4.51. The van der Waals surface area contributed by atoms with Crippen LogP contribution in [0.3, 0.4) is 0 Å². The Morgan fingerprint density at radius 2 is 2.44 bits per heavy atom. The number of nitrogens with zero attached hydrogens (tertiary/aromatic N) is 3. The number of carbonyl (C=O) groups is 1. The van der Waals surface area contributed by atoms with E-state index in [1.54, 1.807) is 6.92 Å². The van der Waals surface area contributed by atoms with Gasteiger partial charge in [-0.25, -0.2) is 14.8 Å². The molecule has 6 nitrogen and oxygen atoms in total. The van der Waals surface area contributed by atoms with Crippen LogP contribution < -0.4 is 5.32 Å². The lowest BCUT2D eigenvalue weighted by Crippen LogP contribution is -2.30. The van der Waals surface area contributed by atoms with E-state index in [0.29, 0.717) is 24.0 Å². The van der Waals surface area contributed by atoms with Gasteiger partial charge in [0.05, 0.1) is 6.20 Å². The van der Waals surface area contributed by atoms with E-state index in [9.17, 15) is 4.79 Å². The fourth-order valence-electron chi connectivity index (χ4n) is 1.74. The molecular weight excluding hydrogens is 232 g/mol. The van der Waals surface area contributed by atoms with Crippen LogP contribution in [0, 0.1) is 24.2 Å². The maximum atomic E-state index is 11.2. The smallest absolute Gasteiger partial charge is 0.326 e. The van der Waals surface area contributed by atoms with Gasteiger partial charge in [-0.05, 0) is 19.3 Å². The largest absolute Gasteiger partial charge is 0.480 e. The van der Waals surface area contributed by atoms with Gasteiger partial charge in [0.2, 0.25) is 0 Å². The zero-order valence-electron chi connectivity index (χ0n) is 10.1. The molecule has 0 amide bonds. The molecule has 1 aliphatic rings. The highest BCUT2D eigenvalue weighted by molar-refractivity contribution is 5.77. The molecule has 94 valence electrons. The number of rotatable bonds is 5. The monoisotopic (exact) mass is 246 g/mol. The molecule has 6 heteroatoms. The summed E-state index contributed by atoms with van der Waals surface area (Å²) < 4.78 is 0. The van der Waals surface area contributed by atoms with Crippen LogP contribution in [0.5, 0.6) is 0 Å². The molecule has 1 atom stereocenters. The maximum Gasteiger partial charge on any atom is 0.326 e. The zero-order valence-corrected chi connectivity index (χ0v) is 10.1. The average molecular weight is 246 g/mol. The number of aliphatic carboxylic acids is 1. The minimum atomic E-state index is -0.915. The first-order chi connectivity index (χ1) is 8.60. The van der Waals surface area contributed by atoms with E-state index in [1.165, 1.54) is 6.20 Å². The molecule has 1 unspecified atom stereocenters. The summed E-state index contributed by atoms with van der Waals surface area (Å²) in [6.45, 7) is 1.70. The number of nitriles is 1. The van der Waals surface area contributed by atoms with Gasteiger partial charge < -0.3 is 10.4 Å². The van der Waals surface area contributed by atoms with E-state index in [-0.39, 0.29) is 5.56 Å². The van der Waals surface area contributed by atoms with Gasteiger partial charge in [0.25, 0.3) is 0 Å². The first-order valence-corrected chi connectivity index (χ1v) is 5.83. The zero-order chi connectivity index (χ0) is 13.1. The Morgan fingerprint density at radius 1 is 1.72 bits per heavy atom. The minimum Gasteiger partial charge on any atom is -0.480 e. The number of aromatic nitrogens is 2. The van der Waals surface area contributed by atoms with Crippen molar-refractivity contribution in [1.29, 1.82) is 5.26 Å². The highest BCUT2D eigenvalue weighted by atomic mass is 16.4. The minimum absolute atomic E-state index is 0.266. The molecule has 2 rings (SSSR count). The Hall–Kier alpha value is -2.16. The van der Waals surface area contributed by atoms with Crippen molar-refractivity contribution >= 4 is 11.8 Å². The first kappa shape index (κ1) is 12.3. The molecule has 18 heavy (non-hydrogen) atoms. The lowest BCUT2D eigenvalue weighted by atomic mass is 10.1. The fraction of sp³-hybridized carbons (Fsp3) is 0.500. The van der Waals surface area contributed by atoms with Crippen molar-refractivity contribution < 1.29 is 9.90 Å². The van der Waals surface area contributed by atoms with Crippen LogP contribution in [0.4, 0.5) is 5.82 Å². The quantitative estimate of drug-likeness (QED) is 0.813. The second-order valence-corrected chi connectivity index (χ2v) is 4.51. The van der Waals surface area contributed by atoms with Crippen LogP contribution in [-0.4, -0.2) is 27.1 Å². The Bertz CT molecular complexity index is 505. The van der Waals surface area contributed by atoms with E-state index >= 15 is 0 Å². The van der Waals surface area contributed by atoms with E-state index in [1.807, 2.05) is 6.07 Å². The van der Waals surface area contributed by atoms with Crippen molar-refractivity contribution in [2.45, 2.75) is 32.2 Å². The molecule has 1 aromatic rings. The average Bonchev–Trinajstić information content (AvgIpc) is 3.12. The standard InChI is InChI=1S/C12H14N4O2/c1-7-14-6-9(5-13)11(15-7)16-10(12(17)18)4-8-2-3-8/h6,8,10H,2-4H2,1H3,(H,17,18)(H,14,15,16). The molecule has 0 aliphatic heterocycles. The van der Waals surface area contributed by atoms with Crippen molar-refractivity contribution in [3.63, 3.8) is 0 Å². The van der Waals surface area contributed by atoms with Crippen molar-refractivity contribution in [1.82, 2.24) is 9.97 Å². The summed E-state index contributed by atoms with van der Waals surface area (Å²) in [7, 11) is 0. The molecule has 2 N–H and O–H groups in total. The van der Waals surface area contributed by atoms with Gasteiger partial charge in [-0.2, -0.15) is 5.26 Å². The number of hydrogen-bond donors (Lipinski definition) is 2. The van der Waals surface area contributed by atoms with Crippen molar-refractivity contribution in [2.75, 3.05) is 5.32 Å². The number of carboxylic acid groups (broad SMARTS) is 1. The van der Waals surface area contributed by atoms with Gasteiger partial charge >= 0.3 is 5.97 Å². The van der Waals surface area contributed by atoms with Gasteiger partial charge in [0, 0.05) is 0 Å². The molecule has 1 saturated carbocycles. The third-order valence-electron chi connectivity index (χ3n) is 2.90. The number of nitrogens with one attached hydrogen (secondary N) is 1. The molecule has 1 heterocycles. The Labute approximate surface area is 105 Å². The van der Waals surface area contributed by atoms with Crippen molar-refractivity contribution in [2.24, 2.45) is 5.92 Å². The van der Waals surface area contributed by atoms with Crippen LogP contribution in [0.15, 0.2) is 6.20 Å². The second kappa shape index (κ2) is 5.00. The highest BCUT2D eigenvalue weighted by Gasteiger charge is 2.29. The van der Waals surface area contributed by atoms with E-state index in [0.717, 1.165) is 12.8 Å². The summed E-state index contributed by atoms with van der Waals surface area (Å²) in [6, 6.07) is 1.26. The first-order valence-electron chi connectivity index (χ1n) is 5.83. The third-order valence-corrected chi connectivity index (χ3v) is 2.90. The highest BCUT2D eigenvalue weighted by Crippen LogP contribution is 2.34. The Morgan fingerprint density at radius 3 is 3.00 bits per heavy atom. The summed E-state index contributed by atoms with van der Waals surface area (Å²) in [6.07, 6.45) is 4.14. The van der Waals surface area contributed by atoms with Gasteiger partial charge in [0.1, 0.15) is 29.3 Å². The third kappa shape index (κ3) is 2.94. The Kier molecular flexibility index (Phi) is 3.42. The lowest BCUT2D eigenvalue weighted by molar-refractivity contribution is -0.138. The molecular formula is C12H14N4O2. The predicted octanol–water partition coefficient (Wildman–Crippen LogP) is 1.32. The maximum absolute atomic E-state index is 11.2. The van der Waals surface area contributed by atoms with Gasteiger partial charge in [-0.15, -0.1) is 0 Å². The van der Waals surface area contributed by atoms with Gasteiger partial charge in [0.15, 0.2) is 0 Å². The van der Waals surface area contributed by atoms with Crippen LogP contribution in [0.25, 0.3) is 0 Å². The molecule has 1 aliphatic carbocycles. The van der Waals surface area contributed by atoms with Crippen LogP contribution >= 0.6 is 0 Å². The van der Waals surface area contributed by atoms with Gasteiger partial charge in [-0.1, -0.05) is 12.8 Å². The predicted molar refractivity (Wildman–Crippen MR) is 63.9 cm³/mol.